The van der Waals surface area contributed by atoms with Gasteiger partial charge in [0, 0.05) is 12.7 Å². The Bertz CT molecular complexity index is 516. The fraction of sp³-hybridized carbons (Fsp3) is 0.364. The molecule has 0 saturated heterocycles. The summed E-state index contributed by atoms with van der Waals surface area (Å²) in [5, 5.41) is 4.11. The number of aryl methyl sites for hydroxylation is 1. The number of aromatic nitrogens is 3. The molecule has 17 heavy (non-hydrogen) atoms. The molecule has 0 amide bonds. The average Bonchev–Trinajstić information content (AvgIpc) is 2.97. The van der Waals surface area contributed by atoms with Crippen molar-refractivity contribution in [2.24, 2.45) is 0 Å². The topological polar surface area (TPSA) is 70.2 Å². The van der Waals surface area contributed by atoms with Gasteiger partial charge in [0.05, 0.1) is 6.61 Å². The molecule has 0 radical (unpaired) electrons. The molecule has 2 aromatic rings. The smallest absolute Gasteiger partial charge is 0.361 e. The Hall–Kier alpha value is -2.11. The van der Waals surface area contributed by atoms with E-state index in [4.69, 9.17) is 9.15 Å². The Morgan fingerprint density at radius 3 is 3.06 bits per heavy atom. The van der Waals surface area contributed by atoms with E-state index in [0.29, 0.717) is 24.6 Å². The van der Waals surface area contributed by atoms with E-state index in [1.54, 1.807) is 23.9 Å². The molecule has 0 aliphatic rings. The standard InChI is InChI=1S/C11H13N3O3/c1-3-14-8(5-6-13-14)10-9(12-7-17-10)11(15)16-4-2/h5-7H,3-4H2,1-2H3. The Balaban J connectivity index is 2.40. The zero-order valence-electron chi connectivity index (χ0n) is 9.71. The first-order valence-corrected chi connectivity index (χ1v) is 5.40. The van der Waals surface area contributed by atoms with Crippen molar-refractivity contribution in [2.45, 2.75) is 20.4 Å². The summed E-state index contributed by atoms with van der Waals surface area (Å²) in [5.41, 5.74) is 0.898. The van der Waals surface area contributed by atoms with E-state index < -0.39 is 5.97 Å². The van der Waals surface area contributed by atoms with Crippen molar-refractivity contribution >= 4 is 5.97 Å². The van der Waals surface area contributed by atoms with Crippen LogP contribution in [-0.2, 0) is 11.3 Å². The van der Waals surface area contributed by atoms with Crippen molar-refractivity contribution in [3.63, 3.8) is 0 Å². The molecule has 0 N–H and O–H groups in total. The van der Waals surface area contributed by atoms with Crippen molar-refractivity contribution in [1.29, 1.82) is 0 Å². The van der Waals surface area contributed by atoms with Gasteiger partial charge in [0.15, 0.2) is 17.8 Å². The second kappa shape index (κ2) is 4.82. The Morgan fingerprint density at radius 1 is 1.53 bits per heavy atom. The fourth-order valence-electron chi connectivity index (χ4n) is 1.55. The van der Waals surface area contributed by atoms with Gasteiger partial charge in [-0.25, -0.2) is 9.78 Å². The molecule has 6 nitrogen and oxygen atoms in total. The van der Waals surface area contributed by atoms with Crippen LogP contribution in [0.2, 0.25) is 0 Å². The van der Waals surface area contributed by atoms with Crippen molar-refractivity contribution in [1.82, 2.24) is 14.8 Å². The number of nitrogens with zero attached hydrogens (tertiary/aromatic N) is 3. The third-order valence-corrected chi connectivity index (χ3v) is 2.28. The SMILES string of the molecule is CCOC(=O)c1ncoc1-c1ccnn1CC. The quantitative estimate of drug-likeness (QED) is 0.755. The number of hydrogen-bond donors (Lipinski definition) is 0. The molecule has 0 bridgehead atoms. The Labute approximate surface area is 98.2 Å². The molecule has 0 fully saturated rings. The largest absolute Gasteiger partial charge is 0.461 e. The van der Waals surface area contributed by atoms with E-state index in [1.807, 2.05) is 6.92 Å². The summed E-state index contributed by atoms with van der Waals surface area (Å²) in [6.45, 7) is 4.69. The number of oxazole rings is 1. The van der Waals surface area contributed by atoms with Gasteiger partial charge < -0.3 is 9.15 Å². The molecule has 0 aromatic carbocycles. The summed E-state index contributed by atoms with van der Waals surface area (Å²) < 4.78 is 11.9. The van der Waals surface area contributed by atoms with E-state index in [2.05, 4.69) is 10.1 Å². The highest BCUT2D eigenvalue weighted by Crippen LogP contribution is 2.23. The van der Waals surface area contributed by atoms with Crippen molar-refractivity contribution in [3.8, 4) is 11.5 Å². The van der Waals surface area contributed by atoms with E-state index in [0.717, 1.165) is 0 Å². The van der Waals surface area contributed by atoms with E-state index in [1.165, 1.54) is 6.39 Å². The molecule has 90 valence electrons. The molecule has 0 spiro atoms. The van der Waals surface area contributed by atoms with Gasteiger partial charge in [-0.2, -0.15) is 5.10 Å². The molecule has 0 aliphatic heterocycles. The van der Waals surface area contributed by atoms with Crippen LogP contribution in [0.4, 0.5) is 0 Å². The molecule has 0 saturated carbocycles. The molecule has 2 rings (SSSR count). The van der Waals surface area contributed by atoms with Crippen LogP contribution in [0.3, 0.4) is 0 Å². The summed E-state index contributed by atoms with van der Waals surface area (Å²) in [7, 11) is 0. The lowest BCUT2D eigenvalue weighted by Gasteiger charge is -2.03. The zero-order valence-corrected chi connectivity index (χ0v) is 9.71. The Kier molecular flexibility index (Phi) is 3.22. The predicted molar refractivity (Wildman–Crippen MR) is 59.4 cm³/mol. The zero-order chi connectivity index (χ0) is 12.3. The van der Waals surface area contributed by atoms with Crippen molar-refractivity contribution in [3.05, 3.63) is 24.4 Å². The van der Waals surface area contributed by atoms with Gasteiger partial charge in [0.1, 0.15) is 5.69 Å². The van der Waals surface area contributed by atoms with E-state index in [-0.39, 0.29) is 5.69 Å². The molecule has 2 heterocycles. The first kappa shape index (κ1) is 11.4. The van der Waals surface area contributed by atoms with Gasteiger partial charge in [-0.05, 0) is 19.9 Å². The normalized spacial score (nSPS) is 10.5. The summed E-state index contributed by atoms with van der Waals surface area (Å²) >= 11 is 0. The lowest BCUT2D eigenvalue weighted by molar-refractivity contribution is 0.0520. The number of carbonyl (C=O) groups excluding carboxylic acids is 1. The first-order chi connectivity index (χ1) is 8.27. The number of hydrogen-bond acceptors (Lipinski definition) is 5. The van der Waals surface area contributed by atoms with Crippen LogP contribution in [0.15, 0.2) is 23.1 Å². The van der Waals surface area contributed by atoms with Crippen LogP contribution in [0, 0.1) is 0 Å². The highest BCUT2D eigenvalue weighted by molar-refractivity contribution is 5.93. The number of carbonyl (C=O) groups is 1. The third kappa shape index (κ3) is 2.06. The van der Waals surface area contributed by atoms with E-state index in [9.17, 15) is 4.79 Å². The van der Waals surface area contributed by atoms with Crippen LogP contribution in [0.5, 0.6) is 0 Å². The first-order valence-electron chi connectivity index (χ1n) is 5.40. The van der Waals surface area contributed by atoms with Crippen molar-refractivity contribution < 1.29 is 13.9 Å². The minimum atomic E-state index is -0.486. The van der Waals surface area contributed by atoms with Crippen LogP contribution >= 0.6 is 0 Å². The highest BCUT2D eigenvalue weighted by atomic mass is 16.5. The fourth-order valence-corrected chi connectivity index (χ4v) is 1.55. The number of rotatable bonds is 4. The maximum absolute atomic E-state index is 11.6. The second-order valence-electron chi connectivity index (χ2n) is 3.28. The minimum absolute atomic E-state index is 0.182. The predicted octanol–water partition coefficient (Wildman–Crippen LogP) is 1.73. The number of ether oxygens (including phenoxy) is 1. The molecule has 0 aliphatic carbocycles. The summed E-state index contributed by atoms with van der Waals surface area (Å²) in [4.78, 5) is 15.5. The monoisotopic (exact) mass is 235 g/mol. The average molecular weight is 235 g/mol. The lowest BCUT2D eigenvalue weighted by atomic mass is 10.2. The molecule has 0 atom stereocenters. The lowest BCUT2D eigenvalue weighted by Crippen LogP contribution is -2.08. The summed E-state index contributed by atoms with van der Waals surface area (Å²) in [6.07, 6.45) is 2.88. The van der Waals surface area contributed by atoms with Gasteiger partial charge in [0.2, 0.25) is 0 Å². The molecular formula is C11H13N3O3. The van der Waals surface area contributed by atoms with Gasteiger partial charge in [-0.3, -0.25) is 4.68 Å². The highest BCUT2D eigenvalue weighted by Gasteiger charge is 2.21. The van der Waals surface area contributed by atoms with Crippen LogP contribution < -0.4 is 0 Å². The maximum atomic E-state index is 11.6. The maximum Gasteiger partial charge on any atom is 0.361 e. The van der Waals surface area contributed by atoms with Crippen LogP contribution in [0.1, 0.15) is 24.3 Å². The van der Waals surface area contributed by atoms with Crippen LogP contribution in [-0.4, -0.2) is 27.3 Å². The van der Waals surface area contributed by atoms with Crippen molar-refractivity contribution in [2.75, 3.05) is 6.61 Å². The molecular weight excluding hydrogens is 222 g/mol. The Morgan fingerprint density at radius 2 is 2.35 bits per heavy atom. The third-order valence-electron chi connectivity index (χ3n) is 2.28. The minimum Gasteiger partial charge on any atom is -0.461 e. The van der Waals surface area contributed by atoms with Gasteiger partial charge in [0.25, 0.3) is 0 Å². The second-order valence-corrected chi connectivity index (χ2v) is 3.28. The van der Waals surface area contributed by atoms with E-state index >= 15 is 0 Å². The van der Waals surface area contributed by atoms with Gasteiger partial charge >= 0.3 is 5.97 Å². The molecule has 6 heteroatoms. The summed E-state index contributed by atoms with van der Waals surface area (Å²) in [6, 6.07) is 1.77. The number of esters is 1. The molecule has 0 unspecified atom stereocenters. The summed E-state index contributed by atoms with van der Waals surface area (Å²) in [5.74, 6) is -0.0945. The molecule has 2 aromatic heterocycles. The van der Waals surface area contributed by atoms with Gasteiger partial charge in [-0.1, -0.05) is 0 Å². The van der Waals surface area contributed by atoms with Crippen LogP contribution in [0.25, 0.3) is 11.5 Å². The van der Waals surface area contributed by atoms with Gasteiger partial charge in [-0.15, -0.1) is 0 Å².